The molecule has 0 fully saturated rings. The lowest BCUT2D eigenvalue weighted by molar-refractivity contribution is -0.139. The van der Waals surface area contributed by atoms with Crippen LogP contribution in [0.5, 0.6) is 0 Å². The van der Waals surface area contributed by atoms with E-state index in [0.717, 1.165) is 5.56 Å². The largest absolute Gasteiger partial charge is 0.480 e. The van der Waals surface area contributed by atoms with Crippen molar-refractivity contribution in [2.24, 2.45) is 0 Å². The van der Waals surface area contributed by atoms with Crippen molar-refractivity contribution in [1.29, 1.82) is 0 Å². The van der Waals surface area contributed by atoms with Gasteiger partial charge in [0, 0.05) is 5.56 Å². The van der Waals surface area contributed by atoms with Gasteiger partial charge in [-0.3, -0.25) is 4.79 Å². The number of nitrogens with one attached hydrogen (secondary N) is 1. The van der Waals surface area contributed by atoms with Crippen LogP contribution in [0.3, 0.4) is 0 Å². The standard InChI is InChI=1S/C13H17NO3S/c1-9-5-3-4-6-10(9)12(15)14-11(13(16)17)7-8-18-2/h3-6,11H,7-8H2,1-2H3,(H,14,15)(H,16,17)/t11-/m0/s1. The first-order chi connectivity index (χ1) is 8.56. The lowest BCUT2D eigenvalue weighted by atomic mass is 10.1. The Kier molecular flexibility index (Phi) is 5.71. The SMILES string of the molecule is CSCC[C@H](NC(=O)c1ccccc1C)C(=O)O. The Balaban J connectivity index is 2.72. The molecule has 0 aromatic heterocycles. The Labute approximate surface area is 111 Å². The van der Waals surface area contributed by atoms with Crippen molar-refractivity contribution in [2.75, 3.05) is 12.0 Å². The number of aliphatic carboxylic acids is 1. The van der Waals surface area contributed by atoms with Gasteiger partial charge in [0.15, 0.2) is 0 Å². The molecule has 1 amide bonds. The van der Waals surface area contributed by atoms with Gasteiger partial charge < -0.3 is 10.4 Å². The molecule has 0 radical (unpaired) electrons. The number of thioether (sulfide) groups is 1. The molecule has 0 aliphatic rings. The zero-order chi connectivity index (χ0) is 13.5. The van der Waals surface area contributed by atoms with Crippen LogP contribution in [-0.4, -0.2) is 35.0 Å². The Morgan fingerprint density at radius 3 is 2.61 bits per heavy atom. The molecule has 1 atom stereocenters. The summed E-state index contributed by atoms with van der Waals surface area (Å²) in [6, 6.07) is 6.29. The topological polar surface area (TPSA) is 66.4 Å². The van der Waals surface area contributed by atoms with E-state index >= 15 is 0 Å². The highest BCUT2D eigenvalue weighted by Crippen LogP contribution is 2.08. The van der Waals surface area contributed by atoms with Crippen LogP contribution in [0.4, 0.5) is 0 Å². The summed E-state index contributed by atoms with van der Waals surface area (Å²) in [4.78, 5) is 23.0. The summed E-state index contributed by atoms with van der Waals surface area (Å²) in [7, 11) is 0. The van der Waals surface area contributed by atoms with Crippen molar-refractivity contribution < 1.29 is 14.7 Å². The fourth-order valence-corrected chi connectivity index (χ4v) is 2.03. The molecular formula is C13H17NO3S. The van der Waals surface area contributed by atoms with Crippen LogP contribution in [-0.2, 0) is 4.79 Å². The summed E-state index contributed by atoms with van der Waals surface area (Å²) in [5.41, 5.74) is 1.36. The molecule has 0 aliphatic carbocycles. The highest BCUT2D eigenvalue weighted by Gasteiger charge is 2.20. The number of hydrogen-bond donors (Lipinski definition) is 2. The lowest BCUT2D eigenvalue weighted by Crippen LogP contribution is -2.41. The third kappa shape index (κ3) is 4.07. The van der Waals surface area contributed by atoms with E-state index in [1.54, 1.807) is 23.9 Å². The number of carbonyl (C=O) groups is 2. The molecule has 2 N–H and O–H groups in total. The van der Waals surface area contributed by atoms with Crippen LogP contribution in [0, 0.1) is 6.92 Å². The minimum atomic E-state index is -0.994. The molecule has 5 heteroatoms. The minimum absolute atomic E-state index is 0.332. The number of benzene rings is 1. The molecule has 4 nitrogen and oxygen atoms in total. The van der Waals surface area contributed by atoms with E-state index in [1.165, 1.54) is 0 Å². The molecule has 0 saturated heterocycles. The quantitative estimate of drug-likeness (QED) is 0.826. The predicted molar refractivity (Wildman–Crippen MR) is 73.1 cm³/mol. The average Bonchev–Trinajstić information content (AvgIpc) is 2.34. The maximum absolute atomic E-state index is 12.0. The zero-order valence-electron chi connectivity index (χ0n) is 10.5. The Bertz CT molecular complexity index is 434. The molecule has 98 valence electrons. The maximum Gasteiger partial charge on any atom is 0.326 e. The van der Waals surface area contributed by atoms with Gasteiger partial charge in [0.05, 0.1) is 0 Å². The summed E-state index contributed by atoms with van der Waals surface area (Å²) in [5.74, 6) is -0.627. The van der Waals surface area contributed by atoms with Gasteiger partial charge >= 0.3 is 5.97 Å². The molecule has 0 saturated carbocycles. The Morgan fingerprint density at radius 2 is 2.06 bits per heavy atom. The van der Waals surface area contributed by atoms with Crippen molar-refractivity contribution in [1.82, 2.24) is 5.32 Å². The van der Waals surface area contributed by atoms with Gasteiger partial charge in [-0.05, 0) is 37.0 Å². The van der Waals surface area contributed by atoms with Crippen LogP contribution in [0.15, 0.2) is 24.3 Å². The van der Waals surface area contributed by atoms with Crippen LogP contribution < -0.4 is 5.32 Å². The summed E-state index contributed by atoms with van der Waals surface area (Å²) in [6.45, 7) is 1.83. The normalized spacial score (nSPS) is 11.9. The van der Waals surface area contributed by atoms with Crippen molar-refractivity contribution in [3.8, 4) is 0 Å². The van der Waals surface area contributed by atoms with Crippen molar-refractivity contribution in [3.63, 3.8) is 0 Å². The summed E-state index contributed by atoms with van der Waals surface area (Å²) in [6.07, 6.45) is 2.33. The van der Waals surface area contributed by atoms with Crippen LogP contribution in [0.25, 0.3) is 0 Å². The number of aryl methyl sites for hydroxylation is 1. The van der Waals surface area contributed by atoms with Gasteiger partial charge in [0.2, 0.25) is 0 Å². The minimum Gasteiger partial charge on any atom is -0.480 e. The number of carbonyl (C=O) groups excluding carboxylic acids is 1. The molecule has 18 heavy (non-hydrogen) atoms. The first-order valence-corrected chi connectivity index (χ1v) is 7.04. The molecule has 0 spiro atoms. The molecular weight excluding hydrogens is 250 g/mol. The van der Waals surface area contributed by atoms with Gasteiger partial charge in [-0.15, -0.1) is 0 Å². The summed E-state index contributed by atoms with van der Waals surface area (Å²) >= 11 is 1.56. The highest BCUT2D eigenvalue weighted by atomic mass is 32.2. The molecule has 1 aromatic carbocycles. The van der Waals surface area contributed by atoms with Crippen LogP contribution in [0.2, 0.25) is 0 Å². The third-order valence-electron chi connectivity index (χ3n) is 2.60. The molecule has 0 aliphatic heterocycles. The van der Waals surface area contributed by atoms with Crippen molar-refractivity contribution >= 4 is 23.6 Å². The number of carboxylic acid groups (broad SMARTS) is 1. The molecule has 0 unspecified atom stereocenters. The predicted octanol–water partition coefficient (Wildman–Crippen LogP) is 1.93. The van der Waals surface area contributed by atoms with Gasteiger partial charge in [-0.25, -0.2) is 4.79 Å². The second-order valence-corrected chi connectivity index (χ2v) is 4.95. The number of rotatable bonds is 6. The molecule has 0 heterocycles. The molecule has 0 bridgehead atoms. The van der Waals surface area contributed by atoms with Gasteiger partial charge in [-0.1, -0.05) is 18.2 Å². The van der Waals surface area contributed by atoms with Crippen LogP contribution in [0.1, 0.15) is 22.3 Å². The molecule has 1 aromatic rings. The van der Waals surface area contributed by atoms with E-state index in [9.17, 15) is 9.59 Å². The van der Waals surface area contributed by atoms with E-state index in [4.69, 9.17) is 5.11 Å². The van der Waals surface area contributed by atoms with E-state index in [0.29, 0.717) is 17.7 Å². The number of hydrogen-bond acceptors (Lipinski definition) is 3. The Hall–Kier alpha value is -1.49. The van der Waals surface area contributed by atoms with Crippen molar-refractivity contribution in [3.05, 3.63) is 35.4 Å². The second kappa shape index (κ2) is 7.06. The van der Waals surface area contributed by atoms with E-state index in [1.807, 2.05) is 25.3 Å². The second-order valence-electron chi connectivity index (χ2n) is 3.96. The summed E-state index contributed by atoms with van der Waals surface area (Å²) < 4.78 is 0. The highest BCUT2D eigenvalue weighted by molar-refractivity contribution is 7.98. The Morgan fingerprint density at radius 1 is 1.39 bits per heavy atom. The number of amides is 1. The lowest BCUT2D eigenvalue weighted by Gasteiger charge is -2.14. The maximum atomic E-state index is 12.0. The summed E-state index contributed by atoms with van der Waals surface area (Å²) in [5, 5.41) is 11.6. The first-order valence-electron chi connectivity index (χ1n) is 5.64. The van der Waals surface area contributed by atoms with Gasteiger partial charge in [0.1, 0.15) is 6.04 Å². The van der Waals surface area contributed by atoms with Crippen molar-refractivity contribution in [2.45, 2.75) is 19.4 Å². The van der Waals surface area contributed by atoms with Gasteiger partial charge in [-0.2, -0.15) is 11.8 Å². The average molecular weight is 267 g/mol. The fourth-order valence-electron chi connectivity index (χ4n) is 1.56. The van der Waals surface area contributed by atoms with E-state index in [-0.39, 0.29) is 5.91 Å². The van der Waals surface area contributed by atoms with E-state index in [2.05, 4.69) is 5.32 Å². The van der Waals surface area contributed by atoms with Crippen LogP contribution >= 0.6 is 11.8 Å². The first kappa shape index (κ1) is 14.6. The third-order valence-corrected chi connectivity index (χ3v) is 3.25. The number of carboxylic acids is 1. The monoisotopic (exact) mass is 267 g/mol. The molecule has 1 rings (SSSR count). The smallest absolute Gasteiger partial charge is 0.326 e. The fraction of sp³-hybridized carbons (Fsp3) is 0.385. The van der Waals surface area contributed by atoms with Gasteiger partial charge in [0.25, 0.3) is 5.91 Å². The van der Waals surface area contributed by atoms with E-state index < -0.39 is 12.0 Å². The zero-order valence-corrected chi connectivity index (χ0v) is 11.3.